The van der Waals surface area contributed by atoms with Gasteiger partial charge in [0.15, 0.2) is 5.75 Å². The maximum absolute atomic E-state index is 12.2. The van der Waals surface area contributed by atoms with E-state index >= 15 is 0 Å². The molecule has 0 aromatic carbocycles. The molecule has 8 heteroatoms. The molecule has 1 aromatic heterocycles. The summed E-state index contributed by atoms with van der Waals surface area (Å²) in [7, 11) is 1.08. The number of aromatic nitrogens is 1. The van der Waals surface area contributed by atoms with Gasteiger partial charge in [-0.25, -0.2) is 0 Å². The Labute approximate surface area is 99.5 Å². The van der Waals surface area contributed by atoms with E-state index in [0.29, 0.717) is 0 Å². The van der Waals surface area contributed by atoms with E-state index in [1.165, 1.54) is 6.92 Å². The molecule has 0 saturated heterocycles. The first-order valence-corrected chi connectivity index (χ1v) is 4.78. The van der Waals surface area contributed by atoms with Crippen molar-refractivity contribution in [2.24, 2.45) is 0 Å². The summed E-state index contributed by atoms with van der Waals surface area (Å²) in [4.78, 5) is 24.3. The number of carbonyl (C=O) groups is 1. The molecule has 5 nitrogen and oxygen atoms in total. The predicted octanol–water partition coefficient (Wildman–Crippen LogP) is 1.30. The molecule has 0 unspecified atom stereocenters. The van der Waals surface area contributed by atoms with Crippen LogP contribution in [0.2, 0.25) is 0 Å². The maximum Gasteiger partial charge on any atom is 0.573 e. The molecule has 0 aliphatic heterocycles. The number of hydrogen-bond donors (Lipinski definition) is 1. The zero-order valence-electron chi connectivity index (χ0n) is 9.55. The fourth-order valence-corrected chi connectivity index (χ4v) is 1.34. The number of ether oxygens (including phenoxy) is 2. The minimum absolute atomic E-state index is 0.0185. The van der Waals surface area contributed by atoms with Gasteiger partial charge in [0.25, 0.3) is 0 Å². The van der Waals surface area contributed by atoms with Crippen molar-refractivity contribution >= 4 is 5.97 Å². The number of pyridine rings is 1. The largest absolute Gasteiger partial charge is 0.573 e. The number of aromatic amines is 1. The van der Waals surface area contributed by atoms with Crippen LogP contribution in [-0.2, 0) is 16.0 Å². The topological polar surface area (TPSA) is 68.4 Å². The van der Waals surface area contributed by atoms with Gasteiger partial charge in [0.2, 0.25) is 5.56 Å². The Morgan fingerprint density at radius 3 is 2.56 bits per heavy atom. The second kappa shape index (κ2) is 5.11. The third kappa shape index (κ3) is 3.79. The molecule has 1 heterocycles. The molecule has 0 amide bonds. The molecule has 18 heavy (non-hydrogen) atoms. The summed E-state index contributed by atoms with van der Waals surface area (Å²) in [5.41, 5.74) is -0.917. The summed E-state index contributed by atoms with van der Waals surface area (Å²) >= 11 is 0. The van der Waals surface area contributed by atoms with Crippen molar-refractivity contribution in [1.29, 1.82) is 0 Å². The van der Waals surface area contributed by atoms with Crippen molar-refractivity contribution in [3.63, 3.8) is 0 Å². The van der Waals surface area contributed by atoms with Crippen molar-refractivity contribution in [3.05, 3.63) is 27.7 Å². The van der Waals surface area contributed by atoms with Gasteiger partial charge in [0, 0.05) is 6.07 Å². The van der Waals surface area contributed by atoms with Crippen molar-refractivity contribution in [3.8, 4) is 5.75 Å². The van der Waals surface area contributed by atoms with Gasteiger partial charge in [-0.2, -0.15) is 0 Å². The van der Waals surface area contributed by atoms with Crippen LogP contribution in [0.15, 0.2) is 10.9 Å². The highest BCUT2D eigenvalue weighted by molar-refractivity contribution is 5.72. The molecule has 0 atom stereocenters. The minimum Gasteiger partial charge on any atom is -0.469 e. The third-order valence-corrected chi connectivity index (χ3v) is 2.02. The van der Waals surface area contributed by atoms with Crippen molar-refractivity contribution in [2.75, 3.05) is 7.11 Å². The molecule has 1 rings (SSSR count). The van der Waals surface area contributed by atoms with Crippen LogP contribution in [0.1, 0.15) is 11.3 Å². The van der Waals surface area contributed by atoms with Gasteiger partial charge in [-0.05, 0) is 12.5 Å². The molecule has 0 fully saturated rings. The van der Waals surface area contributed by atoms with Gasteiger partial charge >= 0.3 is 12.3 Å². The number of nitrogens with one attached hydrogen (secondary N) is 1. The highest BCUT2D eigenvalue weighted by Gasteiger charge is 2.33. The summed E-state index contributed by atoms with van der Waals surface area (Å²) in [6.45, 7) is 1.27. The van der Waals surface area contributed by atoms with Crippen LogP contribution >= 0.6 is 0 Å². The Balaban J connectivity index is 3.21. The van der Waals surface area contributed by atoms with Crippen LogP contribution in [0.4, 0.5) is 13.2 Å². The van der Waals surface area contributed by atoms with Crippen molar-refractivity contribution < 1.29 is 27.4 Å². The zero-order valence-corrected chi connectivity index (χ0v) is 9.55. The molecule has 0 spiro atoms. The van der Waals surface area contributed by atoms with E-state index in [0.717, 1.165) is 13.2 Å². The molecule has 100 valence electrons. The second-order valence-electron chi connectivity index (χ2n) is 3.42. The Morgan fingerprint density at radius 2 is 2.06 bits per heavy atom. The summed E-state index contributed by atoms with van der Waals surface area (Å²) in [6.07, 6.45) is -5.42. The average molecular weight is 265 g/mol. The van der Waals surface area contributed by atoms with E-state index in [9.17, 15) is 22.8 Å². The van der Waals surface area contributed by atoms with Gasteiger partial charge in [-0.3, -0.25) is 9.59 Å². The number of aryl methyl sites for hydroxylation is 1. The van der Waals surface area contributed by atoms with E-state index in [-0.39, 0.29) is 11.3 Å². The van der Waals surface area contributed by atoms with Gasteiger partial charge in [0.1, 0.15) is 0 Å². The number of alkyl halides is 3. The molecular formula is C10H10F3NO4. The standard InChI is InChI=1S/C10H10F3NO4/c1-5-3-7(15)14-6(4-8(16)17-2)9(5)18-10(11,12)13/h3H,4H2,1-2H3,(H,14,15). The number of hydrogen-bond acceptors (Lipinski definition) is 4. The SMILES string of the molecule is COC(=O)Cc1[nH]c(=O)cc(C)c1OC(F)(F)F. The average Bonchev–Trinajstić information content (AvgIpc) is 2.21. The van der Waals surface area contributed by atoms with Crippen LogP contribution < -0.4 is 10.3 Å². The second-order valence-corrected chi connectivity index (χ2v) is 3.42. The Kier molecular flexibility index (Phi) is 4.00. The predicted molar refractivity (Wildman–Crippen MR) is 54.2 cm³/mol. The molecule has 0 aliphatic rings. The fourth-order valence-electron chi connectivity index (χ4n) is 1.34. The van der Waals surface area contributed by atoms with Crippen LogP contribution in [0.5, 0.6) is 5.75 Å². The van der Waals surface area contributed by atoms with Gasteiger partial charge in [-0.1, -0.05) is 0 Å². The number of carbonyl (C=O) groups excluding carboxylic acids is 1. The maximum atomic E-state index is 12.2. The van der Waals surface area contributed by atoms with Crippen molar-refractivity contribution in [2.45, 2.75) is 19.7 Å². The van der Waals surface area contributed by atoms with Gasteiger partial charge in [0.05, 0.1) is 19.2 Å². The van der Waals surface area contributed by atoms with Gasteiger partial charge in [-0.15, -0.1) is 13.2 Å². The lowest BCUT2D eigenvalue weighted by molar-refractivity contribution is -0.275. The molecule has 0 saturated carbocycles. The Morgan fingerprint density at radius 1 is 1.44 bits per heavy atom. The molecule has 1 aromatic rings. The van der Waals surface area contributed by atoms with E-state index in [1.807, 2.05) is 0 Å². The first kappa shape index (κ1) is 14.1. The lowest BCUT2D eigenvalue weighted by Gasteiger charge is -2.14. The van der Waals surface area contributed by atoms with E-state index in [4.69, 9.17) is 0 Å². The number of halogens is 3. The van der Waals surface area contributed by atoms with Gasteiger partial charge < -0.3 is 14.5 Å². The van der Waals surface area contributed by atoms with Crippen LogP contribution in [0.3, 0.4) is 0 Å². The summed E-state index contributed by atoms with van der Waals surface area (Å²) < 4.78 is 44.7. The summed E-state index contributed by atoms with van der Waals surface area (Å²) in [6, 6.07) is 0.946. The molecule has 0 bridgehead atoms. The van der Waals surface area contributed by atoms with E-state index < -0.39 is 30.1 Å². The minimum atomic E-state index is -4.91. The molecule has 1 N–H and O–H groups in total. The van der Waals surface area contributed by atoms with E-state index in [2.05, 4.69) is 14.5 Å². The van der Waals surface area contributed by atoms with Crippen LogP contribution in [-0.4, -0.2) is 24.4 Å². The highest BCUT2D eigenvalue weighted by Crippen LogP contribution is 2.28. The lowest BCUT2D eigenvalue weighted by atomic mass is 10.2. The van der Waals surface area contributed by atoms with E-state index in [1.54, 1.807) is 0 Å². The zero-order chi connectivity index (χ0) is 13.9. The molecule has 0 aliphatic carbocycles. The number of H-pyrrole nitrogens is 1. The first-order valence-electron chi connectivity index (χ1n) is 4.78. The molecular weight excluding hydrogens is 255 g/mol. The monoisotopic (exact) mass is 265 g/mol. The number of rotatable bonds is 3. The first-order chi connectivity index (χ1) is 8.23. The summed E-state index contributed by atoms with van der Waals surface area (Å²) in [5.74, 6) is -1.38. The highest BCUT2D eigenvalue weighted by atomic mass is 19.4. The molecule has 0 radical (unpaired) electrons. The van der Waals surface area contributed by atoms with Crippen LogP contribution in [0.25, 0.3) is 0 Å². The quantitative estimate of drug-likeness (QED) is 0.836. The Hall–Kier alpha value is -1.99. The smallest absolute Gasteiger partial charge is 0.469 e. The van der Waals surface area contributed by atoms with Crippen LogP contribution in [0, 0.1) is 6.92 Å². The Bertz CT molecular complexity index is 507. The number of methoxy groups -OCH3 is 1. The normalized spacial score (nSPS) is 11.2. The lowest BCUT2D eigenvalue weighted by Crippen LogP contribution is -2.22. The van der Waals surface area contributed by atoms with Crippen molar-refractivity contribution in [1.82, 2.24) is 4.98 Å². The number of esters is 1. The summed E-state index contributed by atoms with van der Waals surface area (Å²) in [5, 5.41) is 0. The fraction of sp³-hybridized carbons (Fsp3) is 0.400. The third-order valence-electron chi connectivity index (χ3n) is 2.02.